The highest BCUT2D eigenvalue weighted by Gasteiger charge is 2.27. The molecule has 1 heterocycles. The molecule has 0 saturated heterocycles. The minimum Gasteiger partial charge on any atom is -0.483 e. The van der Waals surface area contributed by atoms with Crippen molar-refractivity contribution in [3.8, 4) is 17.3 Å². The van der Waals surface area contributed by atoms with Crippen LogP contribution in [0.1, 0.15) is 82.8 Å². The third-order valence-electron chi connectivity index (χ3n) is 8.41. The number of esters is 1. The van der Waals surface area contributed by atoms with Crippen LogP contribution in [0.15, 0.2) is 60.7 Å². The summed E-state index contributed by atoms with van der Waals surface area (Å²) >= 11 is 18.7. The van der Waals surface area contributed by atoms with Crippen LogP contribution in [0.25, 0.3) is 5.69 Å². The zero-order chi connectivity index (χ0) is 35.4. The van der Waals surface area contributed by atoms with E-state index in [0.717, 1.165) is 18.4 Å². The zero-order valence-electron chi connectivity index (χ0n) is 28.0. The molecule has 254 valence electrons. The van der Waals surface area contributed by atoms with Gasteiger partial charge in [0.05, 0.1) is 10.0 Å². The summed E-state index contributed by atoms with van der Waals surface area (Å²) < 4.78 is 12.5. The number of nitrogens with one attached hydrogen (secondary N) is 2. The number of nitrogens with zero attached hydrogens (tertiary/aromatic N) is 2. The van der Waals surface area contributed by atoms with Crippen LogP contribution in [0.5, 0.6) is 11.6 Å². The maximum atomic E-state index is 13.1. The van der Waals surface area contributed by atoms with Gasteiger partial charge in [0.1, 0.15) is 11.4 Å². The van der Waals surface area contributed by atoms with Gasteiger partial charge in [0.15, 0.2) is 12.4 Å². The fourth-order valence-corrected chi connectivity index (χ4v) is 5.75. The van der Waals surface area contributed by atoms with E-state index in [1.807, 2.05) is 6.07 Å². The van der Waals surface area contributed by atoms with E-state index in [1.165, 1.54) is 35.4 Å². The lowest BCUT2D eigenvalue weighted by Gasteiger charge is -2.30. The Kier molecular flexibility index (Phi) is 11.5. The molecule has 48 heavy (non-hydrogen) atoms. The summed E-state index contributed by atoms with van der Waals surface area (Å²) in [6, 6.07) is 16.8. The van der Waals surface area contributed by atoms with E-state index in [4.69, 9.17) is 44.3 Å². The van der Waals surface area contributed by atoms with Gasteiger partial charge in [0, 0.05) is 34.8 Å². The molecule has 0 radical (unpaired) electrons. The fraction of sp³-hybridized carbons (Fsp3) is 0.333. The second-order valence-electron chi connectivity index (χ2n) is 12.6. The second kappa shape index (κ2) is 15.0. The van der Waals surface area contributed by atoms with E-state index >= 15 is 0 Å². The van der Waals surface area contributed by atoms with Crippen molar-refractivity contribution in [1.29, 1.82) is 0 Å². The van der Waals surface area contributed by atoms with Gasteiger partial charge in [-0.1, -0.05) is 88.5 Å². The average molecular weight is 714 g/mol. The molecule has 0 bridgehead atoms. The molecule has 0 unspecified atom stereocenters. The van der Waals surface area contributed by atoms with Gasteiger partial charge in [-0.05, 0) is 71.7 Å². The standard InChI is InChI=1S/C36H39Cl3N4O5/c1-8-35(4,5)23-12-15-29(26(16-23)36(6,7)9-2)47-20-31(45)40-25-13-10-22(11-14-25)34(46)41-30-19-32(48-21(3)44)43(42-30)33-27(38)17-24(37)18-28(33)39/h10-19H,8-9,20H2,1-7H3,(H,40,45)(H,41,42,46). The molecule has 0 aliphatic carbocycles. The number of carbonyl (C=O) groups is 3. The van der Waals surface area contributed by atoms with Gasteiger partial charge in [0.25, 0.3) is 11.8 Å². The number of ether oxygens (including phenoxy) is 2. The number of aromatic nitrogens is 2. The molecule has 0 atom stereocenters. The van der Waals surface area contributed by atoms with Crippen molar-refractivity contribution >= 4 is 64.1 Å². The van der Waals surface area contributed by atoms with E-state index in [2.05, 4.69) is 69.4 Å². The number of carbonyl (C=O) groups excluding carboxylic acids is 3. The van der Waals surface area contributed by atoms with Gasteiger partial charge < -0.3 is 20.1 Å². The van der Waals surface area contributed by atoms with Gasteiger partial charge >= 0.3 is 5.97 Å². The van der Waals surface area contributed by atoms with E-state index < -0.39 is 11.9 Å². The lowest BCUT2D eigenvalue weighted by Crippen LogP contribution is -2.24. The van der Waals surface area contributed by atoms with Crippen molar-refractivity contribution in [3.05, 3.63) is 92.4 Å². The van der Waals surface area contributed by atoms with Crippen LogP contribution >= 0.6 is 34.8 Å². The Bertz CT molecular complexity index is 1810. The lowest BCUT2D eigenvalue weighted by molar-refractivity contribution is -0.132. The van der Waals surface area contributed by atoms with Crippen molar-refractivity contribution in [1.82, 2.24) is 9.78 Å². The largest absolute Gasteiger partial charge is 0.483 e. The summed E-state index contributed by atoms with van der Waals surface area (Å²) in [7, 11) is 0. The first-order valence-corrected chi connectivity index (χ1v) is 16.6. The maximum absolute atomic E-state index is 13.1. The normalized spacial score (nSPS) is 11.6. The Balaban J connectivity index is 1.44. The molecule has 9 nitrogen and oxygen atoms in total. The highest BCUT2D eigenvalue weighted by Crippen LogP contribution is 2.39. The van der Waals surface area contributed by atoms with Crippen LogP contribution < -0.4 is 20.1 Å². The third kappa shape index (κ3) is 8.69. The van der Waals surface area contributed by atoms with Crippen molar-refractivity contribution in [3.63, 3.8) is 0 Å². The number of rotatable bonds is 12. The molecular formula is C36H39Cl3N4O5. The van der Waals surface area contributed by atoms with Crippen molar-refractivity contribution < 1.29 is 23.9 Å². The first-order chi connectivity index (χ1) is 22.5. The van der Waals surface area contributed by atoms with Gasteiger partial charge in [-0.2, -0.15) is 4.68 Å². The quantitative estimate of drug-likeness (QED) is 0.142. The SMILES string of the molecule is CCC(C)(C)c1ccc(OCC(=O)Nc2ccc(C(=O)Nc3cc(OC(C)=O)n(-c4c(Cl)cc(Cl)cc4Cl)n3)cc2)c(C(C)(C)CC)c1. The predicted octanol–water partition coefficient (Wildman–Crippen LogP) is 9.40. The van der Waals surface area contributed by atoms with Crippen LogP contribution in [0.2, 0.25) is 15.1 Å². The molecule has 1 aromatic heterocycles. The Hall–Kier alpha value is -4.05. The number of hydrogen-bond donors (Lipinski definition) is 2. The van der Waals surface area contributed by atoms with Crippen molar-refractivity contribution in [2.45, 2.75) is 72.1 Å². The molecule has 0 aliphatic heterocycles. The molecule has 4 rings (SSSR count). The minimum atomic E-state index is -0.613. The van der Waals surface area contributed by atoms with Crippen LogP contribution in [-0.2, 0) is 20.4 Å². The molecule has 12 heteroatoms. The number of hydrogen-bond acceptors (Lipinski definition) is 6. The van der Waals surface area contributed by atoms with E-state index in [0.29, 0.717) is 16.5 Å². The monoisotopic (exact) mass is 712 g/mol. The Morgan fingerprint density at radius 3 is 2.04 bits per heavy atom. The Morgan fingerprint density at radius 1 is 0.833 bits per heavy atom. The molecule has 2 N–H and O–H groups in total. The van der Waals surface area contributed by atoms with E-state index in [1.54, 1.807) is 24.3 Å². The predicted molar refractivity (Wildman–Crippen MR) is 191 cm³/mol. The topological polar surface area (TPSA) is 112 Å². The molecule has 4 aromatic rings. The summed E-state index contributed by atoms with van der Waals surface area (Å²) in [5.74, 6) is -0.713. The first-order valence-electron chi connectivity index (χ1n) is 15.5. The highest BCUT2D eigenvalue weighted by atomic mass is 35.5. The van der Waals surface area contributed by atoms with Gasteiger partial charge in [-0.25, -0.2) is 0 Å². The third-order valence-corrected chi connectivity index (χ3v) is 9.20. The average Bonchev–Trinajstić information content (AvgIpc) is 3.39. The smallest absolute Gasteiger partial charge is 0.309 e. The minimum absolute atomic E-state index is 0.0182. The van der Waals surface area contributed by atoms with Gasteiger partial charge in [0.2, 0.25) is 5.88 Å². The molecule has 3 aromatic carbocycles. The van der Waals surface area contributed by atoms with Gasteiger partial charge in [-0.3, -0.25) is 14.4 Å². The van der Waals surface area contributed by atoms with Crippen LogP contribution in [0.4, 0.5) is 11.5 Å². The molecule has 0 fully saturated rings. The number of halogens is 3. The van der Waals surface area contributed by atoms with Gasteiger partial charge in [-0.15, -0.1) is 5.10 Å². The summed E-state index contributed by atoms with van der Waals surface area (Å²) in [4.78, 5) is 37.7. The molecular weight excluding hydrogens is 675 g/mol. The van der Waals surface area contributed by atoms with E-state index in [-0.39, 0.29) is 56.3 Å². The maximum Gasteiger partial charge on any atom is 0.309 e. The lowest BCUT2D eigenvalue weighted by atomic mass is 9.76. The number of amides is 2. The van der Waals surface area contributed by atoms with Crippen molar-refractivity contribution in [2.75, 3.05) is 17.2 Å². The Labute approximate surface area is 295 Å². The Morgan fingerprint density at radius 2 is 1.46 bits per heavy atom. The number of anilines is 2. The first kappa shape index (κ1) is 36.8. The zero-order valence-corrected chi connectivity index (χ0v) is 30.2. The highest BCUT2D eigenvalue weighted by molar-refractivity contribution is 6.40. The molecule has 2 amide bonds. The molecule has 0 saturated carbocycles. The van der Waals surface area contributed by atoms with E-state index in [9.17, 15) is 14.4 Å². The van der Waals surface area contributed by atoms with Crippen molar-refractivity contribution in [2.24, 2.45) is 0 Å². The molecule has 0 aliphatic rings. The summed E-state index contributed by atoms with van der Waals surface area (Å²) in [5, 5.41) is 10.4. The van der Waals surface area contributed by atoms with Crippen LogP contribution in [0.3, 0.4) is 0 Å². The van der Waals surface area contributed by atoms with Crippen LogP contribution in [0, 0.1) is 0 Å². The number of benzene rings is 3. The second-order valence-corrected chi connectivity index (χ2v) is 13.9. The molecule has 0 spiro atoms. The summed E-state index contributed by atoms with van der Waals surface area (Å²) in [6.45, 7) is 14.1. The summed E-state index contributed by atoms with van der Waals surface area (Å²) in [6.07, 6.45) is 1.91. The summed E-state index contributed by atoms with van der Waals surface area (Å²) in [5.41, 5.74) is 3.17. The fourth-order valence-electron chi connectivity index (χ4n) is 4.78. The van der Waals surface area contributed by atoms with Crippen LogP contribution in [-0.4, -0.2) is 34.2 Å².